The van der Waals surface area contributed by atoms with Crippen LogP contribution in [0.25, 0.3) is 11.2 Å². The highest BCUT2D eigenvalue weighted by molar-refractivity contribution is 5.89. The molecular formula is C19H19F2N5O2. The van der Waals surface area contributed by atoms with E-state index in [1.807, 2.05) is 0 Å². The van der Waals surface area contributed by atoms with Gasteiger partial charge < -0.3 is 15.2 Å². The molecule has 28 heavy (non-hydrogen) atoms. The third-order valence-electron chi connectivity index (χ3n) is 5.07. The number of anilines is 1. The fraction of sp³-hybridized carbons (Fsp3) is 0.316. The number of carbonyl (C=O) groups is 1. The number of imidazole rings is 1. The number of nitrogens with one attached hydrogen (secondary N) is 2. The van der Waals surface area contributed by atoms with Crippen molar-refractivity contribution >= 4 is 22.9 Å². The maximum atomic E-state index is 13.7. The molecule has 0 unspecified atom stereocenters. The number of likely N-dealkylation sites (tertiary alicyclic amines) is 1. The van der Waals surface area contributed by atoms with Crippen molar-refractivity contribution in [2.75, 3.05) is 18.4 Å². The molecular weight excluding hydrogens is 368 g/mol. The predicted octanol–water partition coefficient (Wildman–Crippen LogP) is 2.95. The molecule has 1 aliphatic heterocycles. The van der Waals surface area contributed by atoms with E-state index in [0.29, 0.717) is 43.6 Å². The van der Waals surface area contributed by atoms with Crippen LogP contribution in [0.5, 0.6) is 0 Å². The van der Waals surface area contributed by atoms with Crippen molar-refractivity contribution in [2.24, 2.45) is 5.92 Å². The van der Waals surface area contributed by atoms with Crippen molar-refractivity contribution in [3.8, 4) is 0 Å². The Morgan fingerprint density at radius 3 is 2.61 bits per heavy atom. The molecule has 146 valence electrons. The van der Waals surface area contributed by atoms with E-state index >= 15 is 0 Å². The largest absolute Gasteiger partial charge is 0.327 e. The zero-order chi connectivity index (χ0) is 19.7. The Hall–Kier alpha value is -3.23. The summed E-state index contributed by atoms with van der Waals surface area (Å²) in [6.07, 6.45) is 3.00. The van der Waals surface area contributed by atoms with Gasteiger partial charge >= 0.3 is 11.7 Å². The Bertz CT molecular complexity index is 1050. The molecule has 1 aliphatic rings. The fourth-order valence-corrected chi connectivity index (χ4v) is 3.54. The maximum Gasteiger partial charge on any atom is 0.327 e. The van der Waals surface area contributed by atoms with Crippen LogP contribution in [0, 0.1) is 17.6 Å². The first kappa shape index (κ1) is 18.1. The Balaban J connectivity index is 1.39. The molecule has 0 saturated carbocycles. The van der Waals surface area contributed by atoms with Gasteiger partial charge in [0.15, 0.2) is 5.65 Å². The molecule has 2 aromatic heterocycles. The van der Waals surface area contributed by atoms with Gasteiger partial charge in [-0.05, 0) is 43.0 Å². The van der Waals surface area contributed by atoms with Crippen LogP contribution >= 0.6 is 0 Å². The number of amides is 2. The highest BCUT2D eigenvalue weighted by atomic mass is 19.1. The summed E-state index contributed by atoms with van der Waals surface area (Å²) in [4.78, 5) is 33.1. The molecule has 0 atom stereocenters. The molecule has 1 aromatic carbocycles. The number of nitrogens with zero attached hydrogens (tertiary/aromatic N) is 3. The van der Waals surface area contributed by atoms with Crippen LogP contribution in [-0.4, -0.2) is 38.6 Å². The number of rotatable bonds is 3. The SMILES string of the molecule is O=C(Nc1c(F)cccc1F)N1CCC(Cn2c(=O)[nH]c3cccnc32)CC1. The number of hydrogen-bond donors (Lipinski definition) is 2. The van der Waals surface area contributed by atoms with E-state index in [1.54, 1.807) is 22.9 Å². The number of pyridine rings is 1. The minimum atomic E-state index is -0.811. The summed E-state index contributed by atoms with van der Waals surface area (Å²) < 4.78 is 29.0. The minimum absolute atomic E-state index is 0.202. The van der Waals surface area contributed by atoms with Gasteiger partial charge in [-0.2, -0.15) is 0 Å². The lowest BCUT2D eigenvalue weighted by Crippen LogP contribution is -2.42. The number of fused-ring (bicyclic) bond motifs is 1. The lowest BCUT2D eigenvalue weighted by atomic mass is 9.97. The third-order valence-corrected chi connectivity index (χ3v) is 5.07. The van der Waals surface area contributed by atoms with Crippen molar-refractivity contribution in [2.45, 2.75) is 19.4 Å². The predicted molar refractivity (Wildman–Crippen MR) is 100 cm³/mol. The summed E-state index contributed by atoms with van der Waals surface area (Å²) >= 11 is 0. The number of aromatic amines is 1. The molecule has 7 nitrogen and oxygen atoms in total. The number of urea groups is 1. The number of para-hydroxylation sites is 1. The van der Waals surface area contributed by atoms with Crippen LogP contribution in [0.2, 0.25) is 0 Å². The van der Waals surface area contributed by atoms with Crippen LogP contribution in [0.1, 0.15) is 12.8 Å². The lowest BCUT2D eigenvalue weighted by Gasteiger charge is -2.32. The van der Waals surface area contributed by atoms with Crippen molar-refractivity contribution in [3.63, 3.8) is 0 Å². The summed E-state index contributed by atoms with van der Waals surface area (Å²) in [5, 5.41) is 2.31. The van der Waals surface area contributed by atoms with Crippen molar-refractivity contribution in [1.82, 2.24) is 19.4 Å². The topological polar surface area (TPSA) is 83.0 Å². The van der Waals surface area contributed by atoms with Crippen LogP contribution in [0.15, 0.2) is 41.3 Å². The first-order chi connectivity index (χ1) is 13.5. The second kappa shape index (κ2) is 7.41. The molecule has 3 heterocycles. The summed E-state index contributed by atoms with van der Waals surface area (Å²) in [5.41, 5.74) is 0.661. The van der Waals surface area contributed by atoms with E-state index < -0.39 is 23.4 Å². The van der Waals surface area contributed by atoms with E-state index in [0.717, 1.165) is 12.1 Å². The number of H-pyrrole nitrogens is 1. The first-order valence-corrected chi connectivity index (χ1v) is 9.06. The van der Waals surface area contributed by atoms with Gasteiger partial charge in [-0.1, -0.05) is 6.07 Å². The summed E-state index contributed by atoms with van der Waals surface area (Å²) in [5.74, 6) is -1.42. The Morgan fingerprint density at radius 2 is 1.89 bits per heavy atom. The van der Waals surface area contributed by atoms with E-state index in [9.17, 15) is 18.4 Å². The first-order valence-electron chi connectivity index (χ1n) is 9.06. The molecule has 0 spiro atoms. The second-order valence-electron chi connectivity index (χ2n) is 6.87. The van der Waals surface area contributed by atoms with Gasteiger partial charge in [-0.25, -0.2) is 23.4 Å². The number of carbonyl (C=O) groups excluding carboxylic acids is 1. The van der Waals surface area contributed by atoms with Crippen LogP contribution in [0.3, 0.4) is 0 Å². The van der Waals surface area contributed by atoms with Gasteiger partial charge in [0.05, 0.1) is 5.52 Å². The van der Waals surface area contributed by atoms with E-state index in [4.69, 9.17) is 0 Å². The number of hydrogen-bond acceptors (Lipinski definition) is 3. The quantitative estimate of drug-likeness (QED) is 0.725. The van der Waals surface area contributed by atoms with Crippen LogP contribution in [-0.2, 0) is 6.54 Å². The molecule has 1 fully saturated rings. The van der Waals surface area contributed by atoms with E-state index in [-0.39, 0.29) is 11.6 Å². The van der Waals surface area contributed by atoms with E-state index in [1.165, 1.54) is 11.0 Å². The average molecular weight is 387 g/mol. The van der Waals surface area contributed by atoms with Crippen molar-refractivity contribution in [3.05, 3.63) is 58.6 Å². The lowest BCUT2D eigenvalue weighted by molar-refractivity contribution is 0.177. The van der Waals surface area contributed by atoms with Crippen LogP contribution in [0.4, 0.5) is 19.3 Å². The molecule has 2 N–H and O–H groups in total. The molecule has 9 heteroatoms. The molecule has 0 aliphatic carbocycles. The molecule has 4 rings (SSSR count). The smallest absolute Gasteiger partial charge is 0.325 e. The van der Waals surface area contributed by atoms with Gasteiger partial charge in [0.1, 0.15) is 17.3 Å². The van der Waals surface area contributed by atoms with Gasteiger partial charge in [-0.3, -0.25) is 4.57 Å². The van der Waals surface area contributed by atoms with Gasteiger partial charge in [0.2, 0.25) is 0 Å². The van der Waals surface area contributed by atoms with E-state index in [2.05, 4.69) is 15.3 Å². The summed E-state index contributed by atoms with van der Waals surface area (Å²) in [7, 11) is 0. The second-order valence-corrected chi connectivity index (χ2v) is 6.87. The average Bonchev–Trinajstić information content (AvgIpc) is 3.01. The number of aromatic nitrogens is 3. The summed E-state index contributed by atoms with van der Waals surface area (Å²) in [6, 6.07) is 6.46. The number of piperidine rings is 1. The Labute approximate surface area is 159 Å². The molecule has 0 bridgehead atoms. The molecule has 3 aromatic rings. The van der Waals surface area contributed by atoms with Crippen LogP contribution < -0.4 is 11.0 Å². The third kappa shape index (κ3) is 3.47. The van der Waals surface area contributed by atoms with Crippen molar-refractivity contribution < 1.29 is 13.6 Å². The van der Waals surface area contributed by atoms with Crippen molar-refractivity contribution in [1.29, 1.82) is 0 Å². The highest BCUT2D eigenvalue weighted by Crippen LogP contribution is 2.22. The Kier molecular flexibility index (Phi) is 4.81. The summed E-state index contributed by atoms with van der Waals surface area (Å²) in [6.45, 7) is 1.39. The fourth-order valence-electron chi connectivity index (χ4n) is 3.54. The molecule has 1 saturated heterocycles. The maximum absolute atomic E-state index is 13.7. The molecule has 2 amide bonds. The number of halogens is 2. The zero-order valence-corrected chi connectivity index (χ0v) is 15.0. The monoisotopic (exact) mass is 387 g/mol. The van der Waals surface area contributed by atoms with Gasteiger partial charge in [0.25, 0.3) is 0 Å². The zero-order valence-electron chi connectivity index (χ0n) is 15.0. The minimum Gasteiger partial charge on any atom is -0.325 e. The van der Waals surface area contributed by atoms with Gasteiger partial charge in [0, 0.05) is 25.8 Å². The highest BCUT2D eigenvalue weighted by Gasteiger charge is 2.25. The normalized spacial score (nSPS) is 15.1. The Morgan fingerprint density at radius 1 is 1.18 bits per heavy atom. The van der Waals surface area contributed by atoms with Gasteiger partial charge in [-0.15, -0.1) is 0 Å². The standard InChI is InChI=1S/C19H19F2N5O2/c20-13-3-1-4-14(21)16(13)24-18(27)25-9-6-12(7-10-25)11-26-17-15(23-19(26)28)5-2-8-22-17/h1-5,8,12H,6-7,9-11H2,(H,23,28)(H,24,27). The number of benzene rings is 1. The molecule has 0 radical (unpaired) electrons.